The van der Waals surface area contributed by atoms with Crippen molar-refractivity contribution in [1.29, 1.82) is 0 Å². The molecule has 2 amide bonds. The fourth-order valence-electron chi connectivity index (χ4n) is 2.53. The van der Waals surface area contributed by atoms with E-state index >= 15 is 0 Å². The van der Waals surface area contributed by atoms with Gasteiger partial charge in [0.25, 0.3) is 11.8 Å². The Hall–Kier alpha value is -3.36. The van der Waals surface area contributed by atoms with Crippen molar-refractivity contribution < 1.29 is 46.1 Å². The van der Waals surface area contributed by atoms with E-state index in [1.165, 1.54) is 11.4 Å². The number of carbonyl (C=O) groups is 2. The van der Waals surface area contributed by atoms with Crippen molar-refractivity contribution >= 4 is 34.8 Å². The summed E-state index contributed by atoms with van der Waals surface area (Å²) in [6.07, 6.45) is -8.67. The molecule has 35 heavy (non-hydrogen) atoms. The number of halogens is 7. The van der Waals surface area contributed by atoms with Crippen LogP contribution in [0.1, 0.15) is 36.9 Å². The van der Waals surface area contributed by atoms with Crippen molar-refractivity contribution in [1.82, 2.24) is 15.8 Å². The Morgan fingerprint density at radius 3 is 2.26 bits per heavy atom. The number of hydrogen-bond donors (Lipinski definition) is 2. The van der Waals surface area contributed by atoms with E-state index in [9.17, 15) is 35.9 Å². The molecule has 3 rings (SSSR count). The van der Waals surface area contributed by atoms with E-state index in [0.29, 0.717) is 18.3 Å². The molecular weight excluding hydrogens is 528 g/mol. The molecule has 1 aromatic carbocycles. The molecule has 0 unspecified atom stereocenters. The number of rotatable bonds is 5. The number of hydrogen-bond acceptors (Lipinski definition) is 5. The number of nitrogens with zero attached hydrogens (tertiary/aromatic N) is 1. The molecule has 0 atom stereocenters. The zero-order valence-corrected chi connectivity index (χ0v) is 18.6. The molecule has 0 spiro atoms. The first-order valence-electron chi connectivity index (χ1n) is 9.06. The lowest BCUT2D eigenvalue weighted by atomic mass is 10.1. The SMILES string of the molecule is O.O=C(NNC(=O)c1sccc1OCc1ncc(C(F)(F)F)cc1Cl)c1cccc(C(F)(F)F)c1. The van der Waals surface area contributed by atoms with E-state index in [4.69, 9.17) is 16.3 Å². The number of carbonyl (C=O) groups excluding carboxylic acids is 2. The van der Waals surface area contributed by atoms with Gasteiger partial charge in [0.2, 0.25) is 0 Å². The summed E-state index contributed by atoms with van der Waals surface area (Å²) in [4.78, 5) is 28.1. The second kappa shape index (κ2) is 10.9. The highest BCUT2D eigenvalue weighted by molar-refractivity contribution is 7.12. The van der Waals surface area contributed by atoms with Crippen LogP contribution in [-0.2, 0) is 19.0 Å². The topological polar surface area (TPSA) is 112 Å². The van der Waals surface area contributed by atoms with Crippen molar-refractivity contribution in [2.45, 2.75) is 19.0 Å². The Kier molecular flexibility index (Phi) is 8.70. The van der Waals surface area contributed by atoms with Crippen molar-refractivity contribution in [2.75, 3.05) is 0 Å². The summed E-state index contributed by atoms with van der Waals surface area (Å²) in [7, 11) is 0. The summed E-state index contributed by atoms with van der Waals surface area (Å²) < 4.78 is 81.9. The number of aromatic nitrogens is 1. The van der Waals surface area contributed by atoms with Crippen LogP contribution in [0.3, 0.4) is 0 Å². The maximum Gasteiger partial charge on any atom is 0.417 e. The number of ether oxygens (including phenoxy) is 1. The predicted molar refractivity (Wildman–Crippen MR) is 113 cm³/mol. The molecular formula is C20H14ClF6N3O4S. The van der Waals surface area contributed by atoms with Crippen LogP contribution in [0.2, 0.25) is 5.02 Å². The summed E-state index contributed by atoms with van der Waals surface area (Å²) in [5.74, 6) is -1.80. The summed E-state index contributed by atoms with van der Waals surface area (Å²) in [6.45, 7) is -0.357. The van der Waals surface area contributed by atoms with Gasteiger partial charge in [0.05, 0.1) is 21.8 Å². The molecule has 188 valence electrons. The van der Waals surface area contributed by atoms with E-state index < -0.39 is 35.3 Å². The monoisotopic (exact) mass is 541 g/mol. The average molecular weight is 542 g/mol. The molecule has 0 saturated carbocycles. The van der Waals surface area contributed by atoms with Crippen LogP contribution < -0.4 is 15.6 Å². The van der Waals surface area contributed by atoms with E-state index in [0.717, 1.165) is 29.5 Å². The van der Waals surface area contributed by atoms with Gasteiger partial charge < -0.3 is 10.2 Å². The number of nitrogens with one attached hydrogen (secondary N) is 2. The normalized spacial score (nSPS) is 11.4. The third kappa shape index (κ3) is 7.07. The molecule has 0 fully saturated rings. The van der Waals surface area contributed by atoms with Crippen LogP contribution in [0.4, 0.5) is 26.3 Å². The first-order valence-corrected chi connectivity index (χ1v) is 10.3. The number of pyridine rings is 1. The van der Waals surface area contributed by atoms with Crippen LogP contribution in [0.25, 0.3) is 0 Å². The third-order valence-electron chi connectivity index (χ3n) is 4.19. The molecule has 0 radical (unpaired) electrons. The Bertz CT molecular complexity index is 1220. The lowest BCUT2D eigenvalue weighted by Gasteiger charge is -2.11. The highest BCUT2D eigenvalue weighted by Crippen LogP contribution is 2.32. The van der Waals surface area contributed by atoms with E-state index in [1.807, 2.05) is 5.43 Å². The molecule has 2 aromatic heterocycles. The van der Waals surface area contributed by atoms with Crippen molar-refractivity contribution in [3.63, 3.8) is 0 Å². The van der Waals surface area contributed by atoms with Gasteiger partial charge in [-0.2, -0.15) is 26.3 Å². The van der Waals surface area contributed by atoms with E-state index in [2.05, 4.69) is 10.4 Å². The summed E-state index contributed by atoms with van der Waals surface area (Å²) in [6, 6.07) is 5.69. The minimum Gasteiger partial charge on any atom is -0.486 e. The van der Waals surface area contributed by atoms with Crippen LogP contribution in [0.15, 0.2) is 48.0 Å². The van der Waals surface area contributed by atoms with Gasteiger partial charge >= 0.3 is 12.4 Å². The fourth-order valence-corrected chi connectivity index (χ4v) is 3.48. The molecule has 2 heterocycles. The van der Waals surface area contributed by atoms with Gasteiger partial charge in [-0.3, -0.25) is 25.4 Å². The highest BCUT2D eigenvalue weighted by atomic mass is 35.5. The molecule has 7 nitrogen and oxygen atoms in total. The van der Waals surface area contributed by atoms with Crippen molar-refractivity contribution in [3.05, 3.63) is 80.3 Å². The number of amides is 2. The van der Waals surface area contributed by atoms with Gasteiger partial charge in [0, 0.05) is 11.8 Å². The summed E-state index contributed by atoms with van der Waals surface area (Å²) in [5, 5.41) is 1.19. The molecule has 3 aromatic rings. The molecule has 4 N–H and O–H groups in total. The quantitative estimate of drug-likeness (QED) is 0.361. The van der Waals surface area contributed by atoms with Crippen molar-refractivity contribution in [3.8, 4) is 5.75 Å². The largest absolute Gasteiger partial charge is 0.486 e. The zero-order valence-electron chi connectivity index (χ0n) is 17.1. The number of hydrazine groups is 1. The van der Waals surface area contributed by atoms with Crippen LogP contribution in [0, 0.1) is 0 Å². The van der Waals surface area contributed by atoms with Gasteiger partial charge in [-0.25, -0.2) is 0 Å². The molecule has 0 aliphatic heterocycles. The molecule has 0 aliphatic carbocycles. The Morgan fingerprint density at radius 1 is 0.971 bits per heavy atom. The lowest BCUT2D eigenvalue weighted by Crippen LogP contribution is -2.41. The molecule has 0 aliphatic rings. The maximum atomic E-state index is 12.8. The Morgan fingerprint density at radius 2 is 1.63 bits per heavy atom. The Labute approximate surface area is 202 Å². The number of alkyl halides is 6. The maximum absolute atomic E-state index is 12.8. The van der Waals surface area contributed by atoms with Gasteiger partial charge in [-0.15, -0.1) is 11.3 Å². The molecule has 0 saturated heterocycles. The number of thiophene rings is 1. The Balaban J connectivity index is 0.00000432. The number of benzene rings is 1. The minimum atomic E-state index is -4.65. The van der Waals surface area contributed by atoms with Gasteiger partial charge in [0.15, 0.2) is 0 Å². The zero-order chi connectivity index (χ0) is 25.1. The standard InChI is InChI=1S/C20H12ClF6N3O3S.H2O/c21-13-7-12(20(25,26)27)8-28-14(13)9-33-15-4-5-34-16(15)18(32)30-29-17(31)10-2-1-3-11(6-10)19(22,23)24;/h1-8H,9H2,(H,29,31)(H,30,32);1H2. The van der Waals surface area contributed by atoms with Crippen LogP contribution >= 0.6 is 22.9 Å². The van der Waals surface area contributed by atoms with Gasteiger partial charge in [0.1, 0.15) is 17.2 Å². The van der Waals surface area contributed by atoms with Gasteiger partial charge in [-0.1, -0.05) is 17.7 Å². The summed E-state index contributed by atoms with van der Waals surface area (Å²) in [5.41, 5.74) is 1.65. The first kappa shape index (κ1) is 27.9. The molecule has 0 bridgehead atoms. The smallest absolute Gasteiger partial charge is 0.417 e. The average Bonchev–Trinajstić information content (AvgIpc) is 3.24. The third-order valence-corrected chi connectivity index (χ3v) is 5.41. The van der Waals surface area contributed by atoms with Gasteiger partial charge in [-0.05, 0) is 35.7 Å². The summed E-state index contributed by atoms with van der Waals surface area (Å²) >= 11 is 6.74. The van der Waals surface area contributed by atoms with Crippen molar-refractivity contribution in [2.24, 2.45) is 0 Å². The molecule has 15 heteroatoms. The van der Waals surface area contributed by atoms with E-state index in [1.54, 1.807) is 0 Å². The van der Waals surface area contributed by atoms with E-state index in [-0.39, 0.29) is 39.0 Å². The van der Waals surface area contributed by atoms with Crippen LogP contribution in [-0.4, -0.2) is 22.3 Å². The lowest BCUT2D eigenvalue weighted by molar-refractivity contribution is -0.138. The highest BCUT2D eigenvalue weighted by Gasteiger charge is 2.32. The predicted octanol–water partition coefficient (Wildman–Crippen LogP) is 4.66. The fraction of sp³-hybridized carbons (Fsp3) is 0.150. The minimum absolute atomic E-state index is 0. The second-order valence-corrected chi connectivity index (χ2v) is 7.86. The second-order valence-electron chi connectivity index (χ2n) is 6.54. The van der Waals surface area contributed by atoms with Crippen LogP contribution in [0.5, 0.6) is 5.75 Å². The first-order chi connectivity index (χ1) is 15.9.